The number of benzene rings is 2. The summed E-state index contributed by atoms with van der Waals surface area (Å²) in [5, 5.41) is 2.91. The highest BCUT2D eigenvalue weighted by atomic mass is 16.5. The summed E-state index contributed by atoms with van der Waals surface area (Å²) in [5.74, 6) is 1.26. The van der Waals surface area contributed by atoms with Crippen LogP contribution in [0.4, 0.5) is 16.2 Å². The minimum Gasteiger partial charge on any atom is -0.486 e. The van der Waals surface area contributed by atoms with Crippen molar-refractivity contribution in [2.24, 2.45) is 5.92 Å². The minimum atomic E-state index is -0.499. The Morgan fingerprint density at radius 2 is 1.82 bits per heavy atom. The monoisotopic (exact) mass is 377 g/mol. The van der Waals surface area contributed by atoms with Crippen molar-refractivity contribution in [1.82, 2.24) is 4.90 Å². The van der Waals surface area contributed by atoms with Gasteiger partial charge in [-0.3, -0.25) is 4.79 Å². The maximum absolute atomic E-state index is 13.5. The molecule has 28 heavy (non-hydrogen) atoms. The minimum absolute atomic E-state index is 0.00615. The summed E-state index contributed by atoms with van der Waals surface area (Å²) in [6.07, 6.45) is 2.65. The smallest absolute Gasteiger partial charge is 0.322 e. The van der Waals surface area contributed by atoms with Crippen LogP contribution < -0.4 is 15.0 Å². The molecule has 6 heteroatoms. The van der Waals surface area contributed by atoms with Crippen LogP contribution in [0.25, 0.3) is 0 Å². The standard InChI is InChI=1S/C22H23N3O3/c26-21-19-12-17(14-25(19)22(27)23-16-6-2-1-3-7-16)28-20-9-5-4-8-18(20)24(21)13-15-10-11-15/h1-9,15,17,19H,10-14H2,(H,23,27). The van der Waals surface area contributed by atoms with Crippen LogP contribution in [0.1, 0.15) is 19.3 Å². The van der Waals surface area contributed by atoms with Gasteiger partial charge in [-0.05, 0) is 43.0 Å². The first-order chi connectivity index (χ1) is 13.7. The van der Waals surface area contributed by atoms with Gasteiger partial charge in [-0.15, -0.1) is 0 Å². The lowest BCUT2D eigenvalue weighted by atomic mass is 10.1. The molecule has 3 amide bonds. The fraction of sp³-hybridized carbons (Fsp3) is 0.364. The third-order valence-corrected chi connectivity index (χ3v) is 5.69. The topological polar surface area (TPSA) is 61.9 Å². The van der Waals surface area contributed by atoms with E-state index in [0.717, 1.165) is 30.0 Å². The van der Waals surface area contributed by atoms with Crippen molar-refractivity contribution in [3.05, 3.63) is 54.6 Å². The van der Waals surface area contributed by atoms with E-state index in [1.807, 2.05) is 59.5 Å². The van der Waals surface area contributed by atoms with Crippen LogP contribution in [0.5, 0.6) is 5.75 Å². The molecule has 2 aromatic rings. The van der Waals surface area contributed by atoms with Crippen LogP contribution in [0.15, 0.2) is 54.6 Å². The highest BCUT2D eigenvalue weighted by Crippen LogP contribution is 2.39. The molecule has 0 radical (unpaired) electrons. The number of likely N-dealkylation sites (tertiary alicyclic amines) is 1. The van der Waals surface area contributed by atoms with Crippen LogP contribution in [-0.2, 0) is 4.79 Å². The Kier molecular flexibility index (Phi) is 4.19. The Bertz CT molecular complexity index is 897. The predicted molar refractivity (Wildman–Crippen MR) is 107 cm³/mol. The Labute approximate surface area is 164 Å². The largest absolute Gasteiger partial charge is 0.486 e. The summed E-state index contributed by atoms with van der Waals surface area (Å²) in [6.45, 7) is 1.09. The Hall–Kier alpha value is -3.02. The molecule has 2 aromatic carbocycles. The molecule has 1 saturated heterocycles. The van der Waals surface area contributed by atoms with E-state index in [0.29, 0.717) is 25.4 Å². The van der Waals surface area contributed by atoms with Gasteiger partial charge in [0.2, 0.25) is 5.91 Å². The lowest BCUT2D eigenvalue weighted by Gasteiger charge is -2.31. The highest BCUT2D eigenvalue weighted by Gasteiger charge is 2.45. The number of nitrogens with one attached hydrogen (secondary N) is 1. The number of amides is 3. The molecule has 1 aliphatic carbocycles. The van der Waals surface area contributed by atoms with E-state index >= 15 is 0 Å². The summed E-state index contributed by atoms with van der Waals surface area (Å²) in [6, 6.07) is 16.3. The number of urea groups is 1. The molecule has 0 spiro atoms. The molecule has 2 atom stereocenters. The van der Waals surface area contributed by atoms with Gasteiger partial charge in [-0.1, -0.05) is 30.3 Å². The molecule has 5 rings (SSSR count). The number of hydrogen-bond acceptors (Lipinski definition) is 3. The highest BCUT2D eigenvalue weighted by molar-refractivity contribution is 6.02. The first-order valence-electron chi connectivity index (χ1n) is 9.89. The molecular formula is C22H23N3O3. The zero-order valence-corrected chi connectivity index (χ0v) is 15.6. The van der Waals surface area contributed by atoms with Crippen LogP contribution in [-0.4, -0.2) is 42.1 Å². The number of fused-ring (bicyclic) bond motifs is 3. The van der Waals surface area contributed by atoms with Crippen molar-refractivity contribution in [3.8, 4) is 5.75 Å². The van der Waals surface area contributed by atoms with Gasteiger partial charge >= 0.3 is 6.03 Å². The second kappa shape index (κ2) is 6.86. The van der Waals surface area contributed by atoms with Gasteiger partial charge in [0.15, 0.2) is 0 Å². The summed E-state index contributed by atoms with van der Waals surface area (Å²) in [4.78, 5) is 29.9. The molecule has 144 valence electrons. The van der Waals surface area contributed by atoms with E-state index in [1.165, 1.54) is 0 Å². The lowest BCUT2D eigenvalue weighted by molar-refractivity contribution is -0.122. The quantitative estimate of drug-likeness (QED) is 0.891. The number of carbonyl (C=O) groups excluding carboxylic acids is 2. The van der Waals surface area contributed by atoms with Gasteiger partial charge in [0.25, 0.3) is 0 Å². The number of ether oxygens (including phenoxy) is 1. The van der Waals surface area contributed by atoms with Gasteiger partial charge in [-0.2, -0.15) is 0 Å². The number of hydrogen-bond donors (Lipinski definition) is 1. The molecule has 2 fully saturated rings. The summed E-state index contributed by atoms with van der Waals surface area (Å²) in [5.41, 5.74) is 1.54. The third kappa shape index (κ3) is 3.19. The second-order valence-corrected chi connectivity index (χ2v) is 7.80. The Morgan fingerprint density at radius 1 is 1.07 bits per heavy atom. The molecule has 6 nitrogen and oxygen atoms in total. The van der Waals surface area contributed by atoms with Crippen LogP contribution >= 0.6 is 0 Å². The predicted octanol–water partition coefficient (Wildman–Crippen LogP) is 3.50. The van der Waals surface area contributed by atoms with Crippen molar-refractivity contribution in [2.75, 3.05) is 23.3 Å². The van der Waals surface area contributed by atoms with Crippen molar-refractivity contribution >= 4 is 23.3 Å². The van der Waals surface area contributed by atoms with E-state index in [1.54, 1.807) is 4.90 Å². The van der Waals surface area contributed by atoms with Crippen molar-refractivity contribution in [3.63, 3.8) is 0 Å². The molecule has 2 heterocycles. The second-order valence-electron chi connectivity index (χ2n) is 7.80. The molecule has 2 aliphatic heterocycles. The van der Waals surface area contributed by atoms with Crippen LogP contribution in [0, 0.1) is 5.92 Å². The summed E-state index contributed by atoms with van der Waals surface area (Å²) in [7, 11) is 0. The van der Waals surface area contributed by atoms with E-state index < -0.39 is 6.04 Å². The number of anilines is 2. The maximum atomic E-state index is 13.5. The average Bonchev–Trinajstić information content (AvgIpc) is 3.43. The van der Waals surface area contributed by atoms with Gasteiger partial charge < -0.3 is 19.9 Å². The van der Waals surface area contributed by atoms with Crippen LogP contribution in [0.3, 0.4) is 0 Å². The molecule has 1 N–H and O–H groups in total. The number of para-hydroxylation sites is 3. The van der Waals surface area contributed by atoms with Gasteiger partial charge in [0.05, 0.1) is 12.2 Å². The number of carbonyl (C=O) groups is 2. The summed E-state index contributed by atoms with van der Waals surface area (Å²) >= 11 is 0. The first-order valence-corrected chi connectivity index (χ1v) is 9.89. The molecule has 0 aromatic heterocycles. The Balaban J connectivity index is 1.44. The number of nitrogens with zero attached hydrogens (tertiary/aromatic N) is 2. The van der Waals surface area contributed by atoms with Crippen molar-refractivity contribution < 1.29 is 14.3 Å². The zero-order chi connectivity index (χ0) is 19.1. The normalized spacial score (nSPS) is 23.5. The fourth-order valence-electron chi connectivity index (χ4n) is 4.06. The third-order valence-electron chi connectivity index (χ3n) is 5.69. The van der Waals surface area contributed by atoms with Crippen molar-refractivity contribution in [1.29, 1.82) is 0 Å². The zero-order valence-electron chi connectivity index (χ0n) is 15.6. The van der Waals surface area contributed by atoms with Crippen LogP contribution in [0.2, 0.25) is 0 Å². The van der Waals surface area contributed by atoms with Gasteiger partial charge in [0.1, 0.15) is 17.9 Å². The lowest BCUT2D eigenvalue weighted by Crippen LogP contribution is -2.49. The SMILES string of the molecule is O=C1C2CC(CN2C(=O)Nc2ccccc2)Oc2ccccc2N1CC1CC1. The first kappa shape index (κ1) is 17.1. The van der Waals surface area contributed by atoms with Crippen molar-refractivity contribution in [2.45, 2.75) is 31.4 Å². The van der Waals surface area contributed by atoms with E-state index in [4.69, 9.17) is 4.74 Å². The van der Waals surface area contributed by atoms with Gasteiger partial charge in [-0.25, -0.2) is 4.79 Å². The van der Waals surface area contributed by atoms with E-state index in [9.17, 15) is 9.59 Å². The molecule has 1 saturated carbocycles. The van der Waals surface area contributed by atoms with Gasteiger partial charge in [0, 0.05) is 18.7 Å². The summed E-state index contributed by atoms with van der Waals surface area (Å²) < 4.78 is 6.22. The Morgan fingerprint density at radius 3 is 2.61 bits per heavy atom. The molecular weight excluding hydrogens is 354 g/mol. The molecule has 2 unspecified atom stereocenters. The van der Waals surface area contributed by atoms with E-state index in [2.05, 4.69) is 5.32 Å². The molecule has 3 aliphatic rings. The maximum Gasteiger partial charge on any atom is 0.322 e. The average molecular weight is 377 g/mol. The number of rotatable bonds is 3. The fourth-order valence-corrected chi connectivity index (χ4v) is 4.06. The van der Waals surface area contributed by atoms with E-state index in [-0.39, 0.29) is 18.0 Å². The molecule has 2 bridgehead atoms.